The lowest BCUT2D eigenvalue weighted by Gasteiger charge is -2.12. The zero-order chi connectivity index (χ0) is 12.3. The van der Waals surface area contributed by atoms with Crippen molar-refractivity contribution in [1.29, 1.82) is 0 Å². The number of benzene rings is 1. The van der Waals surface area contributed by atoms with Crippen LogP contribution >= 0.6 is 0 Å². The van der Waals surface area contributed by atoms with Crippen LogP contribution in [0.2, 0.25) is 0 Å². The summed E-state index contributed by atoms with van der Waals surface area (Å²) < 4.78 is 25.6. The van der Waals surface area contributed by atoms with E-state index in [0.717, 1.165) is 12.1 Å². The summed E-state index contributed by atoms with van der Waals surface area (Å²) in [6.07, 6.45) is 0. The summed E-state index contributed by atoms with van der Waals surface area (Å²) in [5, 5.41) is 11.1. The topological polar surface area (TPSA) is 75.3 Å². The smallest absolute Gasteiger partial charge is 0.253 e. The molecule has 1 rings (SSSR count). The summed E-state index contributed by atoms with van der Waals surface area (Å²) in [5.41, 5.74) is 5.07. The van der Waals surface area contributed by atoms with Gasteiger partial charge in [-0.05, 0) is 13.0 Å². The third-order valence-corrected chi connectivity index (χ3v) is 1.99. The molecule has 4 N–H and O–H groups in total. The number of anilines is 1. The van der Waals surface area contributed by atoms with E-state index in [0.29, 0.717) is 0 Å². The highest BCUT2D eigenvalue weighted by Crippen LogP contribution is 2.16. The molecule has 6 heteroatoms. The Kier molecular flexibility index (Phi) is 3.78. The van der Waals surface area contributed by atoms with E-state index in [1.807, 2.05) is 0 Å². The van der Waals surface area contributed by atoms with Gasteiger partial charge < -0.3 is 16.2 Å². The number of nitrogens with one attached hydrogen (secondary N) is 1. The van der Waals surface area contributed by atoms with Gasteiger partial charge in [-0.15, -0.1) is 0 Å². The van der Waals surface area contributed by atoms with Gasteiger partial charge in [0.2, 0.25) is 0 Å². The van der Waals surface area contributed by atoms with Gasteiger partial charge in [-0.2, -0.15) is 0 Å². The second-order valence-electron chi connectivity index (χ2n) is 3.41. The van der Waals surface area contributed by atoms with E-state index in [4.69, 9.17) is 10.8 Å². The number of nitrogens with two attached hydrogens (primary N) is 1. The standard InChI is InChI=1S/C10H12F2N2O2/c1-5(4-15)14-10(16)6-2-7(11)8(12)3-9(6)13/h2-3,5,15H,4,13H2,1H3,(H,14,16)/t5-/m0/s1. The molecule has 1 aromatic rings. The number of aliphatic hydroxyl groups is 1. The van der Waals surface area contributed by atoms with E-state index in [2.05, 4.69) is 5.32 Å². The lowest BCUT2D eigenvalue weighted by atomic mass is 10.1. The molecule has 16 heavy (non-hydrogen) atoms. The van der Waals surface area contributed by atoms with Crippen molar-refractivity contribution < 1.29 is 18.7 Å². The molecule has 0 aromatic heterocycles. The fourth-order valence-corrected chi connectivity index (χ4v) is 1.11. The molecular weight excluding hydrogens is 218 g/mol. The second-order valence-corrected chi connectivity index (χ2v) is 3.41. The summed E-state index contributed by atoms with van der Waals surface area (Å²) in [4.78, 5) is 11.5. The van der Waals surface area contributed by atoms with Crippen molar-refractivity contribution in [3.8, 4) is 0 Å². The highest BCUT2D eigenvalue weighted by atomic mass is 19.2. The molecule has 4 nitrogen and oxygen atoms in total. The number of rotatable bonds is 3. The first-order valence-corrected chi connectivity index (χ1v) is 4.62. The molecular formula is C10H12F2N2O2. The first-order chi connectivity index (χ1) is 7.45. The molecule has 0 aliphatic carbocycles. The van der Waals surface area contributed by atoms with E-state index < -0.39 is 23.6 Å². The van der Waals surface area contributed by atoms with Crippen LogP contribution in [0, 0.1) is 11.6 Å². The van der Waals surface area contributed by atoms with E-state index in [1.54, 1.807) is 6.92 Å². The molecule has 1 amide bonds. The zero-order valence-corrected chi connectivity index (χ0v) is 8.63. The normalized spacial score (nSPS) is 12.2. The summed E-state index contributed by atoms with van der Waals surface area (Å²) in [7, 11) is 0. The fraction of sp³-hybridized carbons (Fsp3) is 0.300. The number of hydrogen-bond donors (Lipinski definition) is 3. The molecule has 0 saturated carbocycles. The Morgan fingerprint density at radius 1 is 1.50 bits per heavy atom. The maximum absolute atomic E-state index is 12.9. The van der Waals surface area contributed by atoms with Crippen LogP contribution in [0.25, 0.3) is 0 Å². The van der Waals surface area contributed by atoms with Crippen LogP contribution in [-0.2, 0) is 0 Å². The van der Waals surface area contributed by atoms with Crippen LogP contribution in [0.15, 0.2) is 12.1 Å². The highest BCUT2D eigenvalue weighted by molar-refractivity contribution is 5.99. The number of aliphatic hydroxyl groups excluding tert-OH is 1. The van der Waals surface area contributed by atoms with Crippen LogP contribution in [-0.4, -0.2) is 23.7 Å². The van der Waals surface area contributed by atoms with Gasteiger partial charge in [-0.25, -0.2) is 8.78 Å². The minimum atomic E-state index is -1.14. The predicted octanol–water partition coefficient (Wildman–Crippen LogP) is 0.658. The molecule has 0 spiro atoms. The third kappa shape index (κ3) is 2.66. The molecule has 1 aromatic carbocycles. The van der Waals surface area contributed by atoms with E-state index in [-0.39, 0.29) is 17.9 Å². The van der Waals surface area contributed by atoms with E-state index in [1.165, 1.54) is 0 Å². The molecule has 0 fully saturated rings. The minimum Gasteiger partial charge on any atom is -0.398 e. The number of halogens is 2. The zero-order valence-electron chi connectivity index (χ0n) is 8.63. The molecule has 0 saturated heterocycles. The maximum atomic E-state index is 12.9. The van der Waals surface area contributed by atoms with Crippen molar-refractivity contribution >= 4 is 11.6 Å². The number of carbonyl (C=O) groups is 1. The van der Waals surface area contributed by atoms with Crippen molar-refractivity contribution in [3.63, 3.8) is 0 Å². The first kappa shape index (κ1) is 12.4. The molecule has 0 bridgehead atoms. The van der Waals surface area contributed by atoms with Gasteiger partial charge in [0.05, 0.1) is 12.2 Å². The van der Waals surface area contributed by atoms with Crippen molar-refractivity contribution in [2.45, 2.75) is 13.0 Å². The van der Waals surface area contributed by atoms with Gasteiger partial charge in [-0.1, -0.05) is 0 Å². The second kappa shape index (κ2) is 4.89. The molecule has 1 atom stereocenters. The van der Waals surface area contributed by atoms with Gasteiger partial charge in [-0.3, -0.25) is 4.79 Å². The van der Waals surface area contributed by atoms with E-state index in [9.17, 15) is 13.6 Å². The Labute approximate surface area is 91.1 Å². The van der Waals surface area contributed by atoms with Crippen LogP contribution in [0.5, 0.6) is 0 Å². The molecule has 0 aliphatic heterocycles. The monoisotopic (exact) mass is 230 g/mol. The molecule has 0 radical (unpaired) electrons. The maximum Gasteiger partial charge on any atom is 0.253 e. The average molecular weight is 230 g/mol. The van der Waals surface area contributed by atoms with Gasteiger partial charge >= 0.3 is 0 Å². The van der Waals surface area contributed by atoms with Crippen molar-refractivity contribution in [2.75, 3.05) is 12.3 Å². The van der Waals surface area contributed by atoms with Crippen molar-refractivity contribution in [3.05, 3.63) is 29.3 Å². The van der Waals surface area contributed by atoms with Crippen LogP contribution in [0.1, 0.15) is 17.3 Å². The van der Waals surface area contributed by atoms with Crippen LogP contribution in [0.3, 0.4) is 0 Å². The predicted molar refractivity (Wildman–Crippen MR) is 54.8 cm³/mol. The Hall–Kier alpha value is -1.69. The Morgan fingerprint density at radius 2 is 2.06 bits per heavy atom. The van der Waals surface area contributed by atoms with Gasteiger partial charge in [0, 0.05) is 17.8 Å². The molecule has 0 heterocycles. The summed E-state index contributed by atoms with van der Waals surface area (Å²) in [6, 6.07) is 0.984. The van der Waals surface area contributed by atoms with Crippen LogP contribution in [0.4, 0.5) is 14.5 Å². The SMILES string of the molecule is C[C@@H](CO)NC(=O)c1cc(F)c(F)cc1N. The Balaban J connectivity index is 2.96. The highest BCUT2D eigenvalue weighted by Gasteiger charge is 2.15. The number of nitrogen functional groups attached to an aromatic ring is 1. The number of carbonyl (C=O) groups excluding carboxylic acids is 1. The van der Waals surface area contributed by atoms with Crippen molar-refractivity contribution in [1.82, 2.24) is 5.32 Å². The quantitative estimate of drug-likeness (QED) is 0.667. The Morgan fingerprint density at radius 3 is 2.62 bits per heavy atom. The van der Waals surface area contributed by atoms with Crippen LogP contribution < -0.4 is 11.1 Å². The molecule has 88 valence electrons. The van der Waals surface area contributed by atoms with Gasteiger partial charge in [0.15, 0.2) is 11.6 Å². The number of amides is 1. The van der Waals surface area contributed by atoms with E-state index >= 15 is 0 Å². The fourth-order valence-electron chi connectivity index (χ4n) is 1.11. The summed E-state index contributed by atoms with van der Waals surface area (Å²) >= 11 is 0. The molecule has 0 unspecified atom stereocenters. The minimum absolute atomic E-state index is 0.151. The lowest BCUT2D eigenvalue weighted by Crippen LogP contribution is -2.35. The van der Waals surface area contributed by atoms with Gasteiger partial charge in [0.25, 0.3) is 5.91 Å². The summed E-state index contributed by atoms with van der Waals surface area (Å²) in [6.45, 7) is 1.31. The molecule has 0 aliphatic rings. The number of hydrogen-bond acceptors (Lipinski definition) is 3. The summed E-state index contributed by atoms with van der Waals surface area (Å²) in [5.74, 6) is -2.90. The largest absolute Gasteiger partial charge is 0.398 e. The lowest BCUT2D eigenvalue weighted by molar-refractivity contribution is 0.0922. The Bertz CT molecular complexity index is 410. The third-order valence-electron chi connectivity index (χ3n) is 1.99. The van der Waals surface area contributed by atoms with Gasteiger partial charge in [0.1, 0.15) is 0 Å². The average Bonchev–Trinajstić information content (AvgIpc) is 2.23. The first-order valence-electron chi connectivity index (χ1n) is 4.62. The van der Waals surface area contributed by atoms with Crippen molar-refractivity contribution in [2.24, 2.45) is 0 Å².